The van der Waals surface area contributed by atoms with Crippen LogP contribution in [0.2, 0.25) is 0 Å². The van der Waals surface area contributed by atoms with Crippen molar-refractivity contribution in [2.75, 3.05) is 13.2 Å². The third kappa shape index (κ3) is 2.47. The van der Waals surface area contributed by atoms with E-state index in [2.05, 4.69) is 5.32 Å². The minimum Gasteiger partial charge on any atom is -0.504 e. The molecule has 0 spiro atoms. The van der Waals surface area contributed by atoms with E-state index >= 15 is 0 Å². The lowest BCUT2D eigenvalue weighted by Crippen LogP contribution is -2.23. The van der Waals surface area contributed by atoms with Crippen molar-refractivity contribution in [3.8, 4) is 11.5 Å². The molecule has 1 heterocycles. The minimum atomic E-state index is 0.304. The molecule has 2 N–H and O–H groups in total. The summed E-state index contributed by atoms with van der Waals surface area (Å²) in [7, 11) is 0. The van der Waals surface area contributed by atoms with E-state index in [1.807, 2.05) is 25.1 Å². The van der Waals surface area contributed by atoms with Crippen molar-refractivity contribution in [1.29, 1.82) is 0 Å². The molecule has 1 atom stereocenters. The van der Waals surface area contributed by atoms with Crippen LogP contribution in [0, 0.1) is 0 Å². The Labute approximate surface area is 96.4 Å². The number of ether oxygens (including phenoxy) is 1. The summed E-state index contributed by atoms with van der Waals surface area (Å²) in [5, 5.41) is 13.5. The molecule has 16 heavy (non-hydrogen) atoms. The summed E-state index contributed by atoms with van der Waals surface area (Å²) in [5.74, 6) is 0.899. The van der Waals surface area contributed by atoms with Crippen molar-refractivity contribution in [2.24, 2.45) is 0 Å². The second-order valence-corrected chi connectivity index (χ2v) is 4.19. The predicted octanol–water partition coefficient (Wildman–Crippen LogP) is 2.09. The van der Waals surface area contributed by atoms with Crippen molar-refractivity contribution in [1.82, 2.24) is 5.32 Å². The fourth-order valence-corrected chi connectivity index (χ4v) is 2.20. The monoisotopic (exact) mass is 221 g/mol. The predicted molar refractivity (Wildman–Crippen MR) is 64.0 cm³/mol. The van der Waals surface area contributed by atoms with Gasteiger partial charge in [-0.2, -0.15) is 0 Å². The number of hydrogen-bond donors (Lipinski definition) is 2. The molecule has 3 heteroatoms. The smallest absolute Gasteiger partial charge is 0.161 e. The Kier molecular flexibility index (Phi) is 3.67. The average molecular weight is 221 g/mol. The molecule has 0 bridgehead atoms. The Balaban J connectivity index is 2.10. The van der Waals surface area contributed by atoms with Crippen molar-refractivity contribution in [2.45, 2.75) is 32.2 Å². The summed E-state index contributed by atoms with van der Waals surface area (Å²) in [4.78, 5) is 0. The second-order valence-electron chi connectivity index (χ2n) is 4.19. The third-order valence-corrected chi connectivity index (χ3v) is 3.01. The summed E-state index contributed by atoms with van der Waals surface area (Å²) in [6, 6.07) is 6.22. The average Bonchev–Trinajstić information content (AvgIpc) is 2.77. The van der Waals surface area contributed by atoms with Gasteiger partial charge in [-0.1, -0.05) is 12.1 Å². The molecule has 1 aliphatic rings. The molecule has 0 amide bonds. The van der Waals surface area contributed by atoms with E-state index < -0.39 is 0 Å². The molecular weight excluding hydrogens is 202 g/mol. The van der Waals surface area contributed by atoms with Crippen molar-refractivity contribution < 1.29 is 9.84 Å². The van der Waals surface area contributed by atoms with Gasteiger partial charge < -0.3 is 15.2 Å². The lowest BCUT2D eigenvalue weighted by molar-refractivity contribution is 0.316. The van der Waals surface area contributed by atoms with Crippen LogP contribution < -0.4 is 10.1 Å². The van der Waals surface area contributed by atoms with Crippen LogP contribution in [0.25, 0.3) is 0 Å². The second kappa shape index (κ2) is 5.21. The van der Waals surface area contributed by atoms with Gasteiger partial charge in [0.15, 0.2) is 11.5 Å². The Bertz CT molecular complexity index is 346. The highest BCUT2D eigenvalue weighted by Gasteiger charge is 2.17. The minimum absolute atomic E-state index is 0.304. The highest BCUT2D eigenvalue weighted by Crippen LogP contribution is 2.31. The van der Waals surface area contributed by atoms with Crippen LogP contribution in [0.5, 0.6) is 11.5 Å². The molecule has 1 fully saturated rings. The van der Waals surface area contributed by atoms with Gasteiger partial charge in [0.2, 0.25) is 0 Å². The largest absolute Gasteiger partial charge is 0.504 e. The standard InChI is InChI=1S/C13H19NO2/c1-2-16-12-7-3-5-10(13(12)15)9-11-6-4-8-14-11/h3,5,7,11,14-15H,2,4,6,8-9H2,1H3. The maximum atomic E-state index is 10.0. The van der Waals surface area contributed by atoms with E-state index in [9.17, 15) is 5.11 Å². The zero-order valence-corrected chi connectivity index (χ0v) is 9.70. The van der Waals surface area contributed by atoms with Gasteiger partial charge in [0, 0.05) is 6.04 Å². The van der Waals surface area contributed by atoms with Crippen LogP contribution in [-0.2, 0) is 6.42 Å². The van der Waals surface area contributed by atoms with Crippen LogP contribution in [-0.4, -0.2) is 24.3 Å². The molecule has 0 saturated carbocycles. The molecule has 1 saturated heterocycles. The Hall–Kier alpha value is -1.22. The lowest BCUT2D eigenvalue weighted by atomic mass is 10.0. The van der Waals surface area contributed by atoms with Gasteiger partial charge in [0.25, 0.3) is 0 Å². The number of nitrogens with one attached hydrogen (secondary N) is 1. The lowest BCUT2D eigenvalue weighted by Gasteiger charge is -2.13. The van der Waals surface area contributed by atoms with E-state index in [4.69, 9.17) is 4.74 Å². The summed E-state index contributed by atoms with van der Waals surface area (Å²) in [6.45, 7) is 3.60. The van der Waals surface area contributed by atoms with E-state index in [1.54, 1.807) is 0 Å². The number of para-hydroxylation sites is 1. The maximum absolute atomic E-state index is 10.0. The fraction of sp³-hybridized carbons (Fsp3) is 0.538. The third-order valence-electron chi connectivity index (χ3n) is 3.01. The molecule has 1 aromatic rings. The van der Waals surface area contributed by atoms with Crippen molar-refractivity contribution >= 4 is 0 Å². The van der Waals surface area contributed by atoms with E-state index in [0.29, 0.717) is 24.1 Å². The zero-order valence-electron chi connectivity index (χ0n) is 9.70. The molecule has 1 aromatic carbocycles. The first-order valence-corrected chi connectivity index (χ1v) is 5.98. The number of aromatic hydroxyl groups is 1. The van der Waals surface area contributed by atoms with Crippen LogP contribution in [0.1, 0.15) is 25.3 Å². The van der Waals surface area contributed by atoms with Gasteiger partial charge in [0.1, 0.15) is 0 Å². The summed E-state index contributed by atoms with van der Waals surface area (Å²) < 4.78 is 5.37. The highest BCUT2D eigenvalue weighted by atomic mass is 16.5. The van der Waals surface area contributed by atoms with Gasteiger partial charge in [-0.25, -0.2) is 0 Å². The van der Waals surface area contributed by atoms with Crippen LogP contribution in [0.4, 0.5) is 0 Å². The van der Waals surface area contributed by atoms with Crippen LogP contribution in [0.3, 0.4) is 0 Å². The number of phenols is 1. The Morgan fingerprint density at radius 2 is 2.38 bits per heavy atom. The molecule has 0 radical (unpaired) electrons. The first kappa shape index (κ1) is 11.3. The van der Waals surface area contributed by atoms with Gasteiger partial charge >= 0.3 is 0 Å². The first-order chi connectivity index (χ1) is 7.81. The molecular formula is C13H19NO2. The fourth-order valence-electron chi connectivity index (χ4n) is 2.20. The molecule has 88 valence electrons. The number of phenolic OH excluding ortho intramolecular Hbond substituents is 1. The molecule has 1 aliphatic heterocycles. The van der Waals surface area contributed by atoms with E-state index in [1.165, 1.54) is 12.8 Å². The normalized spacial score (nSPS) is 19.9. The maximum Gasteiger partial charge on any atom is 0.161 e. The summed E-state index contributed by atoms with van der Waals surface area (Å²) in [6.07, 6.45) is 3.31. The Morgan fingerprint density at radius 1 is 1.50 bits per heavy atom. The Morgan fingerprint density at radius 3 is 3.06 bits per heavy atom. The summed E-state index contributed by atoms with van der Waals surface area (Å²) in [5.41, 5.74) is 0.977. The number of hydrogen-bond acceptors (Lipinski definition) is 3. The van der Waals surface area contributed by atoms with Gasteiger partial charge in [-0.15, -0.1) is 0 Å². The van der Waals surface area contributed by atoms with E-state index in [0.717, 1.165) is 18.5 Å². The van der Waals surface area contributed by atoms with Gasteiger partial charge in [-0.3, -0.25) is 0 Å². The van der Waals surface area contributed by atoms with Crippen LogP contribution >= 0.6 is 0 Å². The number of benzene rings is 1. The molecule has 1 unspecified atom stereocenters. The quantitative estimate of drug-likeness (QED) is 0.818. The highest BCUT2D eigenvalue weighted by molar-refractivity contribution is 5.45. The van der Waals surface area contributed by atoms with Gasteiger partial charge in [0.05, 0.1) is 6.61 Å². The zero-order chi connectivity index (χ0) is 11.4. The molecule has 0 aromatic heterocycles. The first-order valence-electron chi connectivity index (χ1n) is 5.98. The van der Waals surface area contributed by atoms with Gasteiger partial charge in [-0.05, 0) is 44.4 Å². The molecule has 3 nitrogen and oxygen atoms in total. The number of rotatable bonds is 4. The van der Waals surface area contributed by atoms with E-state index in [-0.39, 0.29) is 0 Å². The SMILES string of the molecule is CCOc1cccc(CC2CCCN2)c1O. The topological polar surface area (TPSA) is 41.5 Å². The van der Waals surface area contributed by atoms with Crippen LogP contribution in [0.15, 0.2) is 18.2 Å². The van der Waals surface area contributed by atoms with Crippen molar-refractivity contribution in [3.63, 3.8) is 0 Å². The van der Waals surface area contributed by atoms with Crippen molar-refractivity contribution in [3.05, 3.63) is 23.8 Å². The molecule has 0 aliphatic carbocycles. The summed E-state index contributed by atoms with van der Waals surface area (Å²) >= 11 is 0. The molecule has 2 rings (SSSR count).